The second-order valence-electron chi connectivity index (χ2n) is 3.79. The van der Waals surface area contributed by atoms with Gasteiger partial charge < -0.3 is 15.7 Å². The molecule has 2 amide bonds. The van der Waals surface area contributed by atoms with Crippen LogP contribution >= 0.6 is 0 Å². The number of carboxylic acids is 1. The third-order valence-corrected chi connectivity index (χ3v) is 2.28. The zero-order valence-electron chi connectivity index (χ0n) is 10.2. The van der Waals surface area contributed by atoms with Crippen molar-refractivity contribution in [1.29, 1.82) is 0 Å². The molecular weight excluding hydrogens is 240 g/mol. The van der Waals surface area contributed by atoms with E-state index in [-0.39, 0.29) is 0 Å². The van der Waals surface area contributed by atoms with Gasteiger partial charge in [0.1, 0.15) is 6.04 Å². The summed E-state index contributed by atoms with van der Waals surface area (Å²) in [5, 5.41) is 26.9. The highest BCUT2D eigenvalue weighted by atomic mass is 16.4. The molecule has 0 aromatic carbocycles. The Hall–Kier alpha value is -2.19. The number of nitrogens with one attached hydrogen (secondary N) is 3. The van der Waals surface area contributed by atoms with Gasteiger partial charge in [-0.1, -0.05) is 18.6 Å². The highest BCUT2D eigenvalue weighted by Gasteiger charge is 2.20. The van der Waals surface area contributed by atoms with Gasteiger partial charge in [-0.25, -0.2) is 9.59 Å². The van der Waals surface area contributed by atoms with Crippen molar-refractivity contribution in [2.75, 3.05) is 0 Å². The van der Waals surface area contributed by atoms with Crippen LogP contribution < -0.4 is 10.6 Å². The van der Waals surface area contributed by atoms with Gasteiger partial charge >= 0.3 is 12.0 Å². The van der Waals surface area contributed by atoms with E-state index in [2.05, 4.69) is 31.3 Å². The van der Waals surface area contributed by atoms with Crippen LogP contribution in [-0.4, -0.2) is 43.8 Å². The zero-order valence-corrected chi connectivity index (χ0v) is 10.2. The van der Waals surface area contributed by atoms with Crippen LogP contribution in [0, 0.1) is 0 Å². The third kappa shape index (κ3) is 4.00. The Morgan fingerprint density at radius 2 is 2.17 bits per heavy atom. The molecule has 0 aliphatic heterocycles. The molecule has 4 N–H and O–H groups in total. The molecule has 0 bridgehead atoms. The number of hydrogen-bond donors (Lipinski definition) is 4. The fraction of sp³-hybridized carbons (Fsp3) is 0.667. The lowest BCUT2D eigenvalue weighted by molar-refractivity contribution is -0.139. The number of amides is 2. The van der Waals surface area contributed by atoms with E-state index in [0.717, 1.165) is 0 Å². The summed E-state index contributed by atoms with van der Waals surface area (Å²) in [5.74, 6) is -0.730. The van der Waals surface area contributed by atoms with E-state index in [1.54, 1.807) is 6.92 Å². The molecule has 0 aliphatic carbocycles. The summed E-state index contributed by atoms with van der Waals surface area (Å²) in [6.45, 7) is 3.51. The molecule has 0 spiro atoms. The summed E-state index contributed by atoms with van der Waals surface area (Å²) in [4.78, 5) is 22.4. The summed E-state index contributed by atoms with van der Waals surface area (Å²) >= 11 is 0. The van der Waals surface area contributed by atoms with Crippen molar-refractivity contribution in [3.8, 4) is 0 Å². The maximum atomic E-state index is 11.6. The average molecular weight is 256 g/mol. The maximum Gasteiger partial charge on any atom is 0.326 e. The van der Waals surface area contributed by atoms with Crippen molar-refractivity contribution >= 4 is 12.0 Å². The largest absolute Gasteiger partial charge is 0.480 e. The molecule has 9 heteroatoms. The molecule has 2 atom stereocenters. The molecule has 2 unspecified atom stereocenters. The van der Waals surface area contributed by atoms with Crippen LogP contribution in [0.3, 0.4) is 0 Å². The van der Waals surface area contributed by atoms with Crippen LogP contribution in [0.5, 0.6) is 0 Å². The maximum absolute atomic E-state index is 11.6. The summed E-state index contributed by atoms with van der Waals surface area (Å²) in [6, 6.07) is -1.93. The Balaban J connectivity index is 2.47. The van der Waals surface area contributed by atoms with Crippen molar-refractivity contribution in [3.05, 3.63) is 5.82 Å². The number of urea groups is 1. The predicted octanol–water partition coefficient (Wildman–Crippen LogP) is -0.187. The van der Waals surface area contributed by atoms with E-state index in [0.29, 0.717) is 18.7 Å². The second kappa shape index (κ2) is 6.52. The van der Waals surface area contributed by atoms with Crippen molar-refractivity contribution in [1.82, 2.24) is 31.3 Å². The van der Waals surface area contributed by atoms with Crippen molar-refractivity contribution in [2.45, 2.75) is 38.8 Å². The summed E-state index contributed by atoms with van der Waals surface area (Å²) in [6.07, 6.45) is 1.04. The van der Waals surface area contributed by atoms with Crippen molar-refractivity contribution in [2.24, 2.45) is 0 Å². The molecule has 0 radical (unpaired) electrons. The second-order valence-corrected chi connectivity index (χ2v) is 3.79. The molecule has 0 fully saturated rings. The first kappa shape index (κ1) is 13.9. The van der Waals surface area contributed by atoms with Gasteiger partial charge in [0.15, 0.2) is 5.82 Å². The van der Waals surface area contributed by atoms with E-state index < -0.39 is 24.1 Å². The smallest absolute Gasteiger partial charge is 0.326 e. The number of aliphatic carboxylic acids is 1. The molecule has 0 saturated carbocycles. The molecule has 18 heavy (non-hydrogen) atoms. The minimum atomic E-state index is -1.06. The quantitative estimate of drug-likeness (QED) is 0.557. The summed E-state index contributed by atoms with van der Waals surface area (Å²) < 4.78 is 0. The van der Waals surface area contributed by atoms with E-state index in [9.17, 15) is 9.59 Å². The van der Waals surface area contributed by atoms with Crippen LogP contribution in [0.2, 0.25) is 0 Å². The molecule has 1 aromatic rings. The van der Waals surface area contributed by atoms with Crippen LogP contribution in [0.1, 0.15) is 38.6 Å². The number of H-pyrrole nitrogens is 1. The van der Waals surface area contributed by atoms with E-state index in [4.69, 9.17) is 5.11 Å². The van der Waals surface area contributed by atoms with Crippen LogP contribution in [-0.2, 0) is 4.79 Å². The third-order valence-electron chi connectivity index (χ3n) is 2.28. The lowest BCUT2D eigenvalue weighted by Crippen LogP contribution is -2.46. The SMILES string of the molecule is CCCC(NC(=O)NC(C)c1nn[nH]n1)C(=O)O. The monoisotopic (exact) mass is 256 g/mol. The van der Waals surface area contributed by atoms with Crippen LogP contribution in [0.4, 0.5) is 4.79 Å². The fourth-order valence-electron chi connectivity index (χ4n) is 1.36. The Labute approximate surface area is 103 Å². The molecule has 1 aromatic heterocycles. The van der Waals surface area contributed by atoms with Gasteiger partial charge in [0.2, 0.25) is 0 Å². The average Bonchev–Trinajstić information content (AvgIpc) is 2.81. The Morgan fingerprint density at radius 3 is 2.67 bits per heavy atom. The number of aromatic nitrogens is 4. The minimum absolute atomic E-state index is 0.326. The predicted molar refractivity (Wildman–Crippen MR) is 60.6 cm³/mol. The van der Waals surface area contributed by atoms with E-state index in [1.807, 2.05) is 6.92 Å². The highest BCUT2D eigenvalue weighted by Crippen LogP contribution is 2.03. The standard InChI is InChI=1S/C9H16N6O3/c1-3-4-6(8(16)17)11-9(18)10-5(2)7-12-14-15-13-7/h5-6H,3-4H2,1-2H3,(H,16,17)(H2,10,11,18)(H,12,13,14,15). The molecule has 100 valence electrons. The van der Waals surface area contributed by atoms with Crippen molar-refractivity contribution < 1.29 is 14.7 Å². The Kier molecular flexibility index (Phi) is 5.03. The Bertz CT molecular complexity index is 393. The van der Waals surface area contributed by atoms with Gasteiger partial charge in [-0.05, 0) is 13.3 Å². The van der Waals surface area contributed by atoms with Gasteiger partial charge in [-0.15, -0.1) is 10.2 Å². The van der Waals surface area contributed by atoms with Gasteiger partial charge in [-0.3, -0.25) is 0 Å². The fourth-order valence-corrected chi connectivity index (χ4v) is 1.36. The molecule has 1 rings (SSSR count). The first-order valence-electron chi connectivity index (χ1n) is 5.57. The lowest BCUT2D eigenvalue weighted by atomic mass is 10.2. The topological polar surface area (TPSA) is 133 Å². The summed E-state index contributed by atoms with van der Waals surface area (Å²) in [5.41, 5.74) is 0. The number of nitrogens with zero attached hydrogens (tertiary/aromatic N) is 3. The van der Waals surface area contributed by atoms with Gasteiger partial charge in [0.25, 0.3) is 0 Å². The number of aromatic amines is 1. The zero-order chi connectivity index (χ0) is 13.5. The molecule has 1 heterocycles. The first-order chi connectivity index (χ1) is 8.54. The molecular formula is C9H16N6O3. The van der Waals surface area contributed by atoms with Gasteiger partial charge in [0, 0.05) is 0 Å². The number of carboxylic acid groups (broad SMARTS) is 1. The van der Waals surface area contributed by atoms with E-state index >= 15 is 0 Å². The number of hydrogen-bond acceptors (Lipinski definition) is 5. The normalized spacial score (nSPS) is 13.7. The molecule has 0 aliphatic rings. The number of tetrazole rings is 1. The van der Waals surface area contributed by atoms with Crippen molar-refractivity contribution in [3.63, 3.8) is 0 Å². The van der Waals surface area contributed by atoms with Crippen LogP contribution in [0.15, 0.2) is 0 Å². The first-order valence-corrected chi connectivity index (χ1v) is 5.57. The number of carbonyl (C=O) groups is 2. The summed E-state index contributed by atoms with van der Waals surface area (Å²) in [7, 11) is 0. The van der Waals surface area contributed by atoms with Gasteiger partial charge in [-0.2, -0.15) is 5.21 Å². The lowest BCUT2D eigenvalue weighted by Gasteiger charge is -2.16. The minimum Gasteiger partial charge on any atom is -0.480 e. The highest BCUT2D eigenvalue weighted by molar-refractivity contribution is 5.82. The number of rotatable bonds is 6. The molecule has 0 saturated heterocycles. The van der Waals surface area contributed by atoms with Crippen LogP contribution in [0.25, 0.3) is 0 Å². The number of carbonyl (C=O) groups excluding carboxylic acids is 1. The van der Waals surface area contributed by atoms with E-state index in [1.165, 1.54) is 0 Å². The molecule has 9 nitrogen and oxygen atoms in total. The Morgan fingerprint density at radius 1 is 1.44 bits per heavy atom. The van der Waals surface area contributed by atoms with Gasteiger partial charge in [0.05, 0.1) is 6.04 Å².